The number of carbonyl (C=O) groups is 1. The molecule has 5 nitrogen and oxygen atoms in total. The average Bonchev–Trinajstić information content (AvgIpc) is 2.38. The van der Waals surface area contributed by atoms with Gasteiger partial charge < -0.3 is 9.64 Å². The van der Waals surface area contributed by atoms with E-state index in [2.05, 4.69) is 23.8 Å². The molecule has 0 saturated heterocycles. The minimum Gasteiger partial charge on any atom is -0.374 e. The van der Waals surface area contributed by atoms with Crippen molar-refractivity contribution in [3.63, 3.8) is 0 Å². The van der Waals surface area contributed by atoms with Crippen molar-refractivity contribution in [2.75, 3.05) is 7.05 Å². The molecule has 21 heavy (non-hydrogen) atoms. The summed E-state index contributed by atoms with van der Waals surface area (Å²) in [4.78, 5) is 21.9. The third kappa shape index (κ3) is 3.64. The number of nitrogens with zero attached hydrogens (tertiary/aromatic N) is 3. The molecular weight excluding hydrogens is 290 g/mol. The number of carbonyl (C=O) groups excluding carboxylic acids is 1. The molecule has 1 aliphatic carbocycles. The number of fused-ring (bicyclic) bond motifs is 1. The monoisotopic (exact) mass is 311 g/mol. The van der Waals surface area contributed by atoms with Gasteiger partial charge in [-0.15, -0.1) is 0 Å². The van der Waals surface area contributed by atoms with Gasteiger partial charge in [0, 0.05) is 18.7 Å². The summed E-state index contributed by atoms with van der Waals surface area (Å²) in [5, 5.41) is 0.391. The van der Waals surface area contributed by atoms with Crippen LogP contribution in [-0.4, -0.2) is 34.1 Å². The average molecular weight is 312 g/mol. The summed E-state index contributed by atoms with van der Waals surface area (Å²) >= 11 is 6.24. The molecule has 0 aromatic carbocycles. The zero-order valence-electron chi connectivity index (χ0n) is 13.2. The van der Waals surface area contributed by atoms with Gasteiger partial charge in [0.25, 0.3) is 0 Å². The molecule has 0 bridgehead atoms. The minimum atomic E-state index is -0.475. The molecule has 1 aromatic rings. The standard InChI is InChI=1S/C15H22ClN3O2/c1-9(2)19(5)14(20)21-13-17-11-6-7-15(3,4)8-10(11)12(16)18-13/h9H,6-8H2,1-5H3. The largest absolute Gasteiger partial charge is 0.417 e. The first-order valence-electron chi connectivity index (χ1n) is 7.19. The van der Waals surface area contributed by atoms with Crippen LogP contribution in [0.4, 0.5) is 4.79 Å². The summed E-state index contributed by atoms with van der Waals surface area (Å²) in [6, 6.07) is 0.0855. The Hall–Kier alpha value is -1.36. The number of aryl methyl sites for hydroxylation is 1. The molecule has 0 fully saturated rings. The van der Waals surface area contributed by atoms with Crippen LogP contribution in [0.2, 0.25) is 5.15 Å². The van der Waals surface area contributed by atoms with Gasteiger partial charge in [-0.25, -0.2) is 4.79 Å². The Morgan fingerprint density at radius 3 is 2.67 bits per heavy atom. The van der Waals surface area contributed by atoms with E-state index in [4.69, 9.17) is 16.3 Å². The zero-order chi connectivity index (χ0) is 15.8. The highest BCUT2D eigenvalue weighted by atomic mass is 35.5. The smallest absolute Gasteiger partial charge is 0.374 e. The number of halogens is 1. The van der Waals surface area contributed by atoms with E-state index in [9.17, 15) is 4.79 Å². The lowest BCUT2D eigenvalue weighted by molar-refractivity contribution is 0.148. The van der Waals surface area contributed by atoms with Crippen LogP contribution >= 0.6 is 11.6 Å². The van der Waals surface area contributed by atoms with E-state index in [1.165, 1.54) is 4.90 Å². The van der Waals surface area contributed by atoms with Crippen molar-refractivity contribution >= 4 is 17.7 Å². The van der Waals surface area contributed by atoms with Crippen molar-refractivity contribution in [2.45, 2.75) is 53.0 Å². The Morgan fingerprint density at radius 1 is 1.38 bits per heavy atom. The molecule has 1 aromatic heterocycles. The predicted molar refractivity (Wildman–Crippen MR) is 81.8 cm³/mol. The number of aromatic nitrogens is 2. The van der Waals surface area contributed by atoms with Gasteiger partial charge in [0.05, 0.1) is 5.69 Å². The number of hydrogen-bond acceptors (Lipinski definition) is 4. The number of ether oxygens (including phenoxy) is 1. The molecule has 1 heterocycles. The highest BCUT2D eigenvalue weighted by molar-refractivity contribution is 6.30. The molecule has 2 rings (SSSR count). The lowest BCUT2D eigenvalue weighted by Gasteiger charge is -2.30. The third-order valence-corrected chi connectivity index (χ3v) is 4.27. The summed E-state index contributed by atoms with van der Waals surface area (Å²) in [6.07, 6.45) is 2.24. The van der Waals surface area contributed by atoms with Gasteiger partial charge in [0.1, 0.15) is 5.15 Å². The number of amides is 1. The van der Waals surface area contributed by atoms with Crippen molar-refractivity contribution in [1.82, 2.24) is 14.9 Å². The van der Waals surface area contributed by atoms with Crippen LogP contribution in [0.15, 0.2) is 0 Å². The topological polar surface area (TPSA) is 55.3 Å². The molecule has 0 aliphatic heterocycles. The van der Waals surface area contributed by atoms with Gasteiger partial charge in [-0.2, -0.15) is 9.97 Å². The van der Waals surface area contributed by atoms with Gasteiger partial charge in [-0.3, -0.25) is 0 Å². The van der Waals surface area contributed by atoms with Crippen molar-refractivity contribution in [1.29, 1.82) is 0 Å². The predicted octanol–water partition coefficient (Wildman–Crippen LogP) is 3.48. The molecule has 116 valence electrons. The van der Waals surface area contributed by atoms with Gasteiger partial charge in [0.2, 0.25) is 0 Å². The van der Waals surface area contributed by atoms with Crippen LogP contribution in [-0.2, 0) is 12.8 Å². The summed E-state index contributed by atoms with van der Waals surface area (Å²) in [7, 11) is 1.68. The highest BCUT2D eigenvalue weighted by Crippen LogP contribution is 2.37. The van der Waals surface area contributed by atoms with E-state index in [1.807, 2.05) is 13.8 Å². The molecular formula is C15H22ClN3O2. The van der Waals surface area contributed by atoms with E-state index in [-0.39, 0.29) is 17.5 Å². The Kier molecular flexibility index (Phi) is 4.42. The Labute approximate surface area is 130 Å². The lowest BCUT2D eigenvalue weighted by Crippen LogP contribution is -2.35. The first-order valence-corrected chi connectivity index (χ1v) is 7.57. The van der Waals surface area contributed by atoms with Crippen LogP contribution < -0.4 is 4.74 Å². The van der Waals surface area contributed by atoms with Crippen LogP contribution in [0, 0.1) is 5.41 Å². The van der Waals surface area contributed by atoms with Crippen LogP contribution in [0.25, 0.3) is 0 Å². The second-order valence-corrected chi connectivity index (χ2v) is 6.99. The van der Waals surface area contributed by atoms with Crippen LogP contribution in [0.1, 0.15) is 45.4 Å². The van der Waals surface area contributed by atoms with E-state index >= 15 is 0 Å². The lowest BCUT2D eigenvalue weighted by atomic mass is 9.76. The summed E-state index contributed by atoms with van der Waals surface area (Å²) < 4.78 is 5.22. The van der Waals surface area contributed by atoms with Crippen molar-refractivity contribution in [3.8, 4) is 6.01 Å². The fourth-order valence-electron chi connectivity index (χ4n) is 2.29. The number of rotatable bonds is 2. The molecule has 0 radical (unpaired) electrons. The van der Waals surface area contributed by atoms with Crippen molar-refractivity contribution < 1.29 is 9.53 Å². The quantitative estimate of drug-likeness (QED) is 0.785. The molecule has 1 aliphatic rings. The normalized spacial score (nSPS) is 16.5. The summed E-state index contributed by atoms with van der Waals surface area (Å²) in [5.41, 5.74) is 2.07. The van der Waals surface area contributed by atoms with Crippen molar-refractivity contribution in [3.05, 3.63) is 16.4 Å². The minimum absolute atomic E-state index is 0.0379. The Balaban J connectivity index is 2.21. The maximum absolute atomic E-state index is 11.9. The van der Waals surface area contributed by atoms with Gasteiger partial charge in [-0.1, -0.05) is 25.4 Å². The molecule has 0 spiro atoms. The fraction of sp³-hybridized carbons (Fsp3) is 0.667. The second-order valence-electron chi connectivity index (χ2n) is 6.64. The second kappa shape index (κ2) is 5.79. The molecule has 0 atom stereocenters. The SMILES string of the molecule is CC(C)N(C)C(=O)Oc1nc(Cl)c2c(n1)CCC(C)(C)C2. The van der Waals surface area contributed by atoms with Crippen molar-refractivity contribution in [2.24, 2.45) is 5.41 Å². The van der Waals surface area contributed by atoms with E-state index in [0.717, 1.165) is 30.5 Å². The molecule has 0 saturated carbocycles. The molecule has 6 heteroatoms. The summed E-state index contributed by atoms with van der Waals surface area (Å²) in [6.45, 7) is 8.23. The van der Waals surface area contributed by atoms with Crippen LogP contribution in [0.5, 0.6) is 6.01 Å². The zero-order valence-corrected chi connectivity index (χ0v) is 14.0. The molecule has 0 unspecified atom stereocenters. The summed E-state index contributed by atoms with van der Waals surface area (Å²) in [5.74, 6) is 0. The van der Waals surface area contributed by atoms with E-state index in [1.54, 1.807) is 7.05 Å². The Bertz CT molecular complexity index is 558. The number of hydrogen-bond donors (Lipinski definition) is 0. The van der Waals surface area contributed by atoms with Gasteiger partial charge >= 0.3 is 12.1 Å². The van der Waals surface area contributed by atoms with Gasteiger partial charge in [-0.05, 0) is 38.5 Å². The Morgan fingerprint density at radius 2 is 2.05 bits per heavy atom. The molecule has 0 N–H and O–H groups in total. The molecule has 1 amide bonds. The highest BCUT2D eigenvalue weighted by Gasteiger charge is 2.29. The first-order chi connectivity index (χ1) is 9.69. The van der Waals surface area contributed by atoms with Crippen LogP contribution in [0.3, 0.4) is 0 Å². The van der Waals surface area contributed by atoms with E-state index < -0.39 is 6.09 Å². The van der Waals surface area contributed by atoms with E-state index in [0.29, 0.717) is 5.15 Å². The maximum Gasteiger partial charge on any atom is 0.417 e. The first kappa shape index (κ1) is 16.0. The third-order valence-electron chi connectivity index (χ3n) is 3.96. The maximum atomic E-state index is 11.9. The fourth-order valence-corrected chi connectivity index (χ4v) is 2.54. The van der Waals surface area contributed by atoms with Gasteiger partial charge in [0.15, 0.2) is 0 Å².